The molecule has 1 atom stereocenters. The third-order valence-corrected chi connectivity index (χ3v) is 3.12. The molecule has 0 saturated carbocycles. The molecule has 16 heavy (non-hydrogen) atoms. The molecule has 0 amide bonds. The molecular weight excluding hydrogens is 224 g/mol. The van der Waals surface area contributed by atoms with Crippen LogP contribution in [0.1, 0.15) is 24.6 Å². The van der Waals surface area contributed by atoms with Gasteiger partial charge in [-0.15, -0.1) is 10.2 Å². The van der Waals surface area contributed by atoms with E-state index in [9.17, 15) is 0 Å². The Hall–Kier alpha value is -1.13. The summed E-state index contributed by atoms with van der Waals surface area (Å²) in [4.78, 5) is 0. The molecular formula is C11H15ClN4. The second-order valence-corrected chi connectivity index (χ2v) is 4.14. The van der Waals surface area contributed by atoms with Gasteiger partial charge in [0.15, 0.2) is 5.65 Å². The zero-order valence-corrected chi connectivity index (χ0v) is 9.77. The van der Waals surface area contributed by atoms with Crippen LogP contribution < -0.4 is 17.7 Å². The monoisotopic (exact) mass is 238 g/mol. The van der Waals surface area contributed by atoms with Crippen LogP contribution in [0.4, 0.5) is 0 Å². The van der Waals surface area contributed by atoms with Gasteiger partial charge in [0.2, 0.25) is 0 Å². The second kappa shape index (κ2) is 4.80. The number of halogens is 1. The van der Waals surface area contributed by atoms with Gasteiger partial charge in [-0.25, -0.2) is 0 Å². The number of nitrogens with two attached hydrogens (primary N) is 1. The standard InChI is InChI=1S/C11H14N4.ClH/c1-2-7-15-10(5-1)13-14-11(15)9-4-3-6-12-8-9;/h1-2,5,7,9,12H,3-4,6,8H2;1H. The van der Waals surface area contributed by atoms with Crippen molar-refractivity contribution < 1.29 is 17.7 Å². The van der Waals surface area contributed by atoms with Crippen LogP contribution in [0, 0.1) is 0 Å². The third-order valence-electron chi connectivity index (χ3n) is 3.12. The van der Waals surface area contributed by atoms with Crippen LogP contribution in [0.5, 0.6) is 0 Å². The van der Waals surface area contributed by atoms with E-state index in [-0.39, 0.29) is 12.4 Å². The highest BCUT2D eigenvalue weighted by Crippen LogP contribution is 2.19. The van der Waals surface area contributed by atoms with Crippen molar-refractivity contribution in [1.29, 1.82) is 0 Å². The van der Waals surface area contributed by atoms with Crippen molar-refractivity contribution in [2.75, 3.05) is 13.1 Å². The summed E-state index contributed by atoms with van der Waals surface area (Å²) in [5, 5.41) is 10.9. The SMILES string of the molecule is [Cl-].c1ccn2c(C3CCC[NH2+]C3)nnc2c1. The molecule has 3 rings (SSSR count). The van der Waals surface area contributed by atoms with E-state index in [0.717, 1.165) is 18.0 Å². The smallest absolute Gasteiger partial charge is 0.160 e. The average molecular weight is 239 g/mol. The topological polar surface area (TPSA) is 46.8 Å². The zero-order chi connectivity index (χ0) is 10.1. The van der Waals surface area contributed by atoms with Gasteiger partial charge in [0.1, 0.15) is 5.82 Å². The number of hydrogen-bond acceptors (Lipinski definition) is 2. The molecule has 1 aliphatic heterocycles. The van der Waals surface area contributed by atoms with Crippen LogP contribution in [-0.2, 0) is 0 Å². The van der Waals surface area contributed by atoms with Crippen molar-refractivity contribution in [1.82, 2.24) is 14.6 Å². The lowest BCUT2D eigenvalue weighted by atomic mass is 9.99. The number of fused-ring (bicyclic) bond motifs is 1. The van der Waals surface area contributed by atoms with Crippen LogP contribution >= 0.6 is 0 Å². The second-order valence-electron chi connectivity index (χ2n) is 4.14. The van der Waals surface area contributed by atoms with Gasteiger partial charge in [0.25, 0.3) is 0 Å². The largest absolute Gasteiger partial charge is 1.00 e. The van der Waals surface area contributed by atoms with E-state index in [1.54, 1.807) is 0 Å². The molecule has 1 fully saturated rings. The highest BCUT2D eigenvalue weighted by molar-refractivity contribution is 5.37. The molecule has 2 aromatic rings. The summed E-state index contributed by atoms with van der Waals surface area (Å²) in [7, 11) is 0. The van der Waals surface area contributed by atoms with Crippen LogP contribution in [0.25, 0.3) is 5.65 Å². The summed E-state index contributed by atoms with van der Waals surface area (Å²) in [6.45, 7) is 2.41. The molecule has 0 bridgehead atoms. The van der Waals surface area contributed by atoms with E-state index < -0.39 is 0 Å². The Morgan fingerprint density at radius 3 is 3.06 bits per heavy atom. The molecule has 5 heteroatoms. The Kier molecular flexibility index (Phi) is 3.41. The summed E-state index contributed by atoms with van der Waals surface area (Å²) in [6.07, 6.45) is 4.58. The molecule has 3 heterocycles. The minimum Gasteiger partial charge on any atom is -1.00 e. The normalized spacial score (nSPS) is 20.6. The van der Waals surface area contributed by atoms with Crippen molar-refractivity contribution in [3.8, 4) is 0 Å². The van der Waals surface area contributed by atoms with Gasteiger partial charge in [-0.1, -0.05) is 6.07 Å². The van der Waals surface area contributed by atoms with Gasteiger partial charge in [-0.2, -0.15) is 0 Å². The van der Waals surface area contributed by atoms with Crippen LogP contribution in [-0.4, -0.2) is 27.7 Å². The van der Waals surface area contributed by atoms with Gasteiger partial charge >= 0.3 is 0 Å². The fourth-order valence-electron chi connectivity index (χ4n) is 2.32. The first-order chi connectivity index (χ1) is 7.45. The minimum atomic E-state index is 0. The first-order valence-corrected chi connectivity index (χ1v) is 5.56. The van der Waals surface area contributed by atoms with Gasteiger partial charge in [-0.05, 0) is 25.0 Å². The summed E-state index contributed by atoms with van der Waals surface area (Å²) >= 11 is 0. The third kappa shape index (κ3) is 1.90. The maximum Gasteiger partial charge on any atom is 0.160 e. The summed E-state index contributed by atoms with van der Waals surface area (Å²) in [6, 6.07) is 6.04. The van der Waals surface area contributed by atoms with Gasteiger partial charge in [0.05, 0.1) is 19.0 Å². The molecule has 4 nitrogen and oxygen atoms in total. The quantitative estimate of drug-likeness (QED) is 0.583. The molecule has 0 spiro atoms. The zero-order valence-electron chi connectivity index (χ0n) is 9.01. The summed E-state index contributed by atoms with van der Waals surface area (Å²) in [5.41, 5.74) is 0.957. The molecule has 0 aromatic carbocycles. The van der Waals surface area contributed by atoms with Crippen molar-refractivity contribution in [3.05, 3.63) is 30.2 Å². The molecule has 0 radical (unpaired) electrons. The van der Waals surface area contributed by atoms with E-state index in [0.29, 0.717) is 5.92 Å². The Bertz CT molecular complexity index is 462. The van der Waals surface area contributed by atoms with E-state index in [1.165, 1.54) is 19.4 Å². The highest BCUT2D eigenvalue weighted by Gasteiger charge is 2.22. The Morgan fingerprint density at radius 2 is 2.25 bits per heavy atom. The van der Waals surface area contributed by atoms with Crippen LogP contribution in [0.2, 0.25) is 0 Å². The van der Waals surface area contributed by atoms with Gasteiger partial charge < -0.3 is 17.7 Å². The summed E-state index contributed by atoms with van der Waals surface area (Å²) in [5.74, 6) is 1.69. The van der Waals surface area contributed by atoms with E-state index >= 15 is 0 Å². The molecule has 86 valence electrons. The lowest BCUT2D eigenvalue weighted by Gasteiger charge is -2.18. The van der Waals surface area contributed by atoms with Crippen LogP contribution in [0.15, 0.2) is 24.4 Å². The minimum absolute atomic E-state index is 0. The number of piperidine rings is 1. The van der Waals surface area contributed by atoms with Gasteiger partial charge in [-0.3, -0.25) is 4.40 Å². The Morgan fingerprint density at radius 1 is 1.31 bits per heavy atom. The molecule has 0 aliphatic carbocycles. The molecule has 1 aliphatic rings. The highest BCUT2D eigenvalue weighted by atomic mass is 35.5. The average Bonchev–Trinajstić information content (AvgIpc) is 2.74. The van der Waals surface area contributed by atoms with Crippen molar-refractivity contribution in [2.45, 2.75) is 18.8 Å². The van der Waals surface area contributed by atoms with E-state index in [4.69, 9.17) is 0 Å². The van der Waals surface area contributed by atoms with Crippen LogP contribution in [0.3, 0.4) is 0 Å². The Labute approximate surface area is 100 Å². The number of hydrogen-bond donors (Lipinski definition) is 1. The molecule has 1 unspecified atom stereocenters. The number of nitrogens with zero attached hydrogens (tertiary/aromatic N) is 3. The van der Waals surface area contributed by atoms with Crippen molar-refractivity contribution in [2.24, 2.45) is 0 Å². The predicted octanol–water partition coefficient (Wildman–Crippen LogP) is -2.83. The number of rotatable bonds is 1. The number of aromatic nitrogens is 3. The summed E-state index contributed by atoms with van der Waals surface area (Å²) < 4.78 is 2.11. The van der Waals surface area contributed by atoms with E-state index in [1.807, 2.05) is 18.2 Å². The maximum absolute atomic E-state index is 4.31. The first-order valence-electron chi connectivity index (χ1n) is 5.56. The fraction of sp³-hybridized carbons (Fsp3) is 0.455. The Balaban J connectivity index is 0.000000963. The molecule has 1 saturated heterocycles. The number of quaternary nitrogens is 1. The van der Waals surface area contributed by atoms with E-state index in [2.05, 4.69) is 26.1 Å². The van der Waals surface area contributed by atoms with Crippen molar-refractivity contribution in [3.63, 3.8) is 0 Å². The first kappa shape index (κ1) is 11.4. The number of pyridine rings is 1. The molecule has 2 N–H and O–H groups in total. The lowest BCUT2D eigenvalue weighted by Crippen LogP contribution is -3.00. The predicted molar refractivity (Wildman–Crippen MR) is 56.6 cm³/mol. The fourth-order valence-corrected chi connectivity index (χ4v) is 2.32. The van der Waals surface area contributed by atoms with Gasteiger partial charge in [0, 0.05) is 6.20 Å². The molecule has 2 aromatic heterocycles. The lowest BCUT2D eigenvalue weighted by molar-refractivity contribution is -0.665. The van der Waals surface area contributed by atoms with Crippen molar-refractivity contribution >= 4 is 5.65 Å². The maximum atomic E-state index is 4.31.